The van der Waals surface area contributed by atoms with Crippen LogP contribution in [0.15, 0.2) is 47.7 Å². The number of hydrogen-bond acceptors (Lipinski definition) is 6. The highest BCUT2D eigenvalue weighted by Crippen LogP contribution is 2.37. The first-order valence-electron chi connectivity index (χ1n) is 7.37. The largest absolute Gasteiger partial charge is 0.508 e. The molecule has 2 aromatic rings. The van der Waals surface area contributed by atoms with Crippen molar-refractivity contribution >= 4 is 22.6 Å². The van der Waals surface area contributed by atoms with Gasteiger partial charge in [-0.1, -0.05) is 37.7 Å². The maximum absolute atomic E-state index is 9.64. The second-order valence-electron chi connectivity index (χ2n) is 5.61. The number of phenolic OH excluding ortho intramolecular Hbond substituents is 1. The van der Waals surface area contributed by atoms with Crippen molar-refractivity contribution in [1.82, 2.24) is 9.97 Å². The first kappa shape index (κ1) is 15.6. The molecule has 1 atom stereocenters. The van der Waals surface area contributed by atoms with Crippen molar-refractivity contribution in [2.45, 2.75) is 25.0 Å². The third-order valence-corrected chi connectivity index (χ3v) is 4.47. The third kappa shape index (κ3) is 3.53. The molecule has 0 saturated carbocycles. The van der Waals surface area contributed by atoms with E-state index in [0.29, 0.717) is 11.1 Å². The average Bonchev–Trinajstić information content (AvgIpc) is 2.54. The molecule has 1 aromatic carbocycles. The number of phenols is 1. The molecule has 3 rings (SSSR count). The number of hydrogen-bond donors (Lipinski definition) is 2. The Labute approximate surface area is 139 Å². The first-order chi connectivity index (χ1) is 11.0. The Morgan fingerprint density at radius 2 is 2.04 bits per heavy atom. The average molecular weight is 326 g/mol. The molecule has 23 heavy (non-hydrogen) atoms. The van der Waals surface area contributed by atoms with Crippen LogP contribution in [0.1, 0.15) is 42.0 Å². The summed E-state index contributed by atoms with van der Waals surface area (Å²) < 4.78 is 0. The highest BCUT2D eigenvalue weighted by atomic mass is 32.2. The molecule has 1 aliphatic rings. The van der Waals surface area contributed by atoms with Crippen molar-refractivity contribution in [2.75, 3.05) is 0 Å². The fraction of sp³-hybridized carbons (Fsp3) is 0.235. The van der Waals surface area contributed by atoms with E-state index < -0.39 is 0 Å². The van der Waals surface area contributed by atoms with Crippen molar-refractivity contribution in [2.24, 2.45) is 10.7 Å². The van der Waals surface area contributed by atoms with E-state index in [1.54, 1.807) is 24.4 Å². The molecule has 0 bridgehead atoms. The van der Waals surface area contributed by atoms with Crippen LogP contribution >= 0.6 is 11.8 Å². The van der Waals surface area contributed by atoms with E-state index in [2.05, 4.69) is 28.8 Å². The Kier molecular flexibility index (Phi) is 4.34. The molecule has 0 fully saturated rings. The summed E-state index contributed by atoms with van der Waals surface area (Å²) in [7, 11) is 0. The summed E-state index contributed by atoms with van der Waals surface area (Å²) in [6.45, 7) is 4.17. The molecule has 0 aliphatic carbocycles. The number of aromatic hydroxyl groups is 1. The minimum Gasteiger partial charge on any atom is -0.508 e. The van der Waals surface area contributed by atoms with E-state index >= 15 is 0 Å². The van der Waals surface area contributed by atoms with Gasteiger partial charge in [0, 0.05) is 11.8 Å². The molecule has 0 spiro atoms. The van der Waals surface area contributed by atoms with Crippen molar-refractivity contribution in [3.05, 3.63) is 59.7 Å². The molecule has 0 saturated heterocycles. The van der Waals surface area contributed by atoms with E-state index in [-0.39, 0.29) is 11.0 Å². The minimum absolute atomic E-state index is 0.0430. The molecule has 0 radical (unpaired) electrons. The van der Waals surface area contributed by atoms with Gasteiger partial charge in [-0.05, 0) is 24.1 Å². The SMILES string of the molecule is CC(C)c1cnc(C2C=C(c3cccc(O)c3)N=C(N)S2)cn1. The Hall–Kier alpha value is -2.34. The van der Waals surface area contributed by atoms with Gasteiger partial charge in [-0.15, -0.1) is 0 Å². The number of aliphatic imine (C=N–C) groups is 1. The highest BCUT2D eigenvalue weighted by molar-refractivity contribution is 8.14. The van der Waals surface area contributed by atoms with E-state index in [1.807, 2.05) is 18.3 Å². The lowest BCUT2D eigenvalue weighted by molar-refractivity contribution is 0.475. The number of nitrogens with zero attached hydrogens (tertiary/aromatic N) is 3. The summed E-state index contributed by atoms with van der Waals surface area (Å²) in [5.74, 6) is 0.550. The van der Waals surface area contributed by atoms with Gasteiger partial charge in [-0.3, -0.25) is 9.97 Å². The standard InChI is InChI=1S/C17H18N4OS/c1-10(2)14-8-20-15(9-19-14)16-7-13(21-17(18)23-16)11-4-3-5-12(22)6-11/h3-10,16,22H,1-2H3,(H2,18,21). The second kappa shape index (κ2) is 6.42. The molecule has 1 unspecified atom stereocenters. The number of aromatic nitrogens is 2. The van der Waals surface area contributed by atoms with Crippen LogP contribution in [0.2, 0.25) is 0 Å². The lowest BCUT2D eigenvalue weighted by atomic mass is 10.1. The van der Waals surface area contributed by atoms with Gasteiger partial charge in [0.25, 0.3) is 0 Å². The van der Waals surface area contributed by atoms with Crippen LogP contribution in [-0.2, 0) is 0 Å². The molecule has 5 nitrogen and oxygen atoms in total. The van der Waals surface area contributed by atoms with Gasteiger partial charge < -0.3 is 10.8 Å². The fourth-order valence-electron chi connectivity index (χ4n) is 2.25. The van der Waals surface area contributed by atoms with Crippen molar-refractivity contribution in [3.8, 4) is 5.75 Å². The first-order valence-corrected chi connectivity index (χ1v) is 8.25. The fourth-order valence-corrected chi connectivity index (χ4v) is 3.11. The summed E-state index contributed by atoms with van der Waals surface area (Å²) in [6, 6.07) is 6.97. The van der Waals surface area contributed by atoms with Gasteiger partial charge in [0.05, 0.1) is 28.5 Å². The zero-order valence-corrected chi connectivity index (χ0v) is 13.8. The number of amidine groups is 1. The van der Waals surface area contributed by atoms with Crippen LogP contribution in [0.4, 0.5) is 0 Å². The van der Waals surface area contributed by atoms with Crippen molar-refractivity contribution in [1.29, 1.82) is 0 Å². The molecular formula is C17H18N4OS. The Balaban J connectivity index is 1.93. The topological polar surface area (TPSA) is 84.4 Å². The van der Waals surface area contributed by atoms with Crippen LogP contribution in [-0.4, -0.2) is 20.2 Å². The number of benzene rings is 1. The number of thioether (sulfide) groups is 1. The Morgan fingerprint density at radius 1 is 1.22 bits per heavy atom. The quantitative estimate of drug-likeness (QED) is 0.902. The molecule has 2 heterocycles. The molecule has 1 aliphatic heterocycles. The summed E-state index contributed by atoms with van der Waals surface area (Å²) in [6.07, 6.45) is 5.60. The van der Waals surface area contributed by atoms with Gasteiger partial charge in [0.15, 0.2) is 5.17 Å². The zero-order chi connectivity index (χ0) is 16.4. The molecular weight excluding hydrogens is 308 g/mol. The van der Waals surface area contributed by atoms with Crippen LogP contribution in [0.3, 0.4) is 0 Å². The predicted molar refractivity (Wildman–Crippen MR) is 94.2 cm³/mol. The van der Waals surface area contributed by atoms with Gasteiger partial charge in [0.2, 0.25) is 0 Å². The third-order valence-electron chi connectivity index (χ3n) is 3.50. The highest BCUT2D eigenvalue weighted by Gasteiger charge is 2.20. The molecule has 0 amide bonds. The van der Waals surface area contributed by atoms with E-state index in [9.17, 15) is 5.11 Å². The summed E-state index contributed by atoms with van der Waals surface area (Å²) in [4.78, 5) is 13.4. The van der Waals surface area contributed by atoms with Gasteiger partial charge >= 0.3 is 0 Å². The predicted octanol–water partition coefficient (Wildman–Crippen LogP) is 3.45. The van der Waals surface area contributed by atoms with E-state index in [0.717, 1.165) is 22.6 Å². The van der Waals surface area contributed by atoms with Gasteiger partial charge in [0.1, 0.15) is 5.75 Å². The van der Waals surface area contributed by atoms with Crippen molar-refractivity contribution in [3.63, 3.8) is 0 Å². The van der Waals surface area contributed by atoms with E-state index in [4.69, 9.17) is 5.73 Å². The molecule has 118 valence electrons. The van der Waals surface area contributed by atoms with E-state index in [1.165, 1.54) is 11.8 Å². The molecule has 6 heteroatoms. The summed E-state index contributed by atoms with van der Waals surface area (Å²) in [5.41, 5.74) is 9.33. The number of rotatable bonds is 3. The van der Waals surface area contributed by atoms with Crippen molar-refractivity contribution < 1.29 is 5.11 Å². The minimum atomic E-state index is -0.0430. The Morgan fingerprint density at radius 3 is 2.70 bits per heavy atom. The summed E-state index contributed by atoms with van der Waals surface area (Å²) >= 11 is 1.44. The maximum atomic E-state index is 9.64. The lowest BCUT2D eigenvalue weighted by Gasteiger charge is -2.18. The summed E-state index contributed by atoms with van der Waals surface area (Å²) in [5, 5.41) is 10.1. The second-order valence-corrected chi connectivity index (χ2v) is 6.77. The van der Waals surface area contributed by atoms with Crippen LogP contribution in [0, 0.1) is 0 Å². The Bertz CT molecular complexity index is 768. The molecule has 1 aromatic heterocycles. The zero-order valence-electron chi connectivity index (χ0n) is 13.0. The lowest BCUT2D eigenvalue weighted by Crippen LogP contribution is -2.14. The van der Waals surface area contributed by atoms with Crippen LogP contribution in [0.5, 0.6) is 5.75 Å². The maximum Gasteiger partial charge on any atom is 0.160 e. The normalized spacial score (nSPS) is 17.8. The molecule has 3 N–H and O–H groups in total. The monoisotopic (exact) mass is 326 g/mol. The number of nitrogens with two attached hydrogens (primary N) is 1. The smallest absolute Gasteiger partial charge is 0.160 e. The van der Waals surface area contributed by atoms with Crippen LogP contribution < -0.4 is 5.73 Å². The van der Waals surface area contributed by atoms with Gasteiger partial charge in [-0.2, -0.15) is 0 Å². The van der Waals surface area contributed by atoms with Crippen LogP contribution in [0.25, 0.3) is 5.70 Å². The van der Waals surface area contributed by atoms with Gasteiger partial charge in [-0.25, -0.2) is 4.99 Å².